The van der Waals surface area contributed by atoms with Gasteiger partial charge in [0.2, 0.25) is 5.91 Å². The van der Waals surface area contributed by atoms with E-state index in [1.165, 1.54) is 7.05 Å². The van der Waals surface area contributed by atoms with E-state index in [9.17, 15) is 19.2 Å². The second kappa shape index (κ2) is 10.5. The van der Waals surface area contributed by atoms with Gasteiger partial charge in [-0.25, -0.2) is 4.79 Å². The quantitative estimate of drug-likeness (QED) is 0.197. The smallest absolute Gasteiger partial charge is 0.330 e. The van der Waals surface area contributed by atoms with E-state index in [2.05, 4.69) is 21.4 Å². The number of nitrogens with one attached hydrogen (secondary N) is 1. The SMILES string of the molecule is C=CC(=O)OCCOC(=O)CCOC(=O)CC(=O)NC. The van der Waals surface area contributed by atoms with Gasteiger partial charge in [-0.2, -0.15) is 0 Å². The highest BCUT2D eigenvalue weighted by Gasteiger charge is 2.10. The molecule has 0 bridgehead atoms. The lowest BCUT2D eigenvalue weighted by atomic mass is 10.4. The van der Waals surface area contributed by atoms with Crippen LogP contribution in [0.15, 0.2) is 12.7 Å². The Kier molecular flexibility index (Phi) is 9.28. The number of hydrogen-bond donors (Lipinski definition) is 1. The van der Waals surface area contributed by atoms with Crippen molar-refractivity contribution in [2.75, 3.05) is 26.9 Å². The Morgan fingerprint density at radius 3 is 2.20 bits per heavy atom. The van der Waals surface area contributed by atoms with Gasteiger partial charge in [0.1, 0.15) is 26.2 Å². The Morgan fingerprint density at radius 1 is 1.00 bits per heavy atom. The minimum atomic E-state index is -0.725. The predicted octanol–water partition coefficient (Wildman–Crippen LogP) is -0.672. The Bertz CT molecular complexity index is 378. The molecule has 0 rings (SSSR count). The van der Waals surface area contributed by atoms with E-state index in [4.69, 9.17) is 4.74 Å². The highest BCUT2D eigenvalue weighted by molar-refractivity contribution is 5.94. The molecular formula is C12H17NO7. The van der Waals surface area contributed by atoms with E-state index in [-0.39, 0.29) is 26.2 Å². The van der Waals surface area contributed by atoms with Crippen molar-refractivity contribution < 1.29 is 33.4 Å². The summed E-state index contributed by atoms with van der Waals surface area (Å²) in [7, 11) is 1.39. The summed E-state index contributed by atoms with van der Waals surface area (Å²) in [6.07, 6.45) is 0.450. The largest absolute Gasteiger partial charge is 0.465 e. The van der Waals surface area contributed by atoms with Crippen molar-refractivity contribution in [3.8, 4) is 0 Å². The van der Waals surface area contributed by atoms with Gasteiger partial charge in [0, 0.05) is 13.1 Å². The van der Waals surface area contributed by atoms with E-state index in [1.54, 1.807) is 0 Å². The van der Waals surface area contributed by atoms with Crippen LogP contribution in [0.2, 0.25) is 0 Å². The van der Waals surface area contributed by atoms with Gasteiger partial charge < -0.3 is 19.5 Å². The number of carbonyl (C=O) groups is 4. The zero-order valence-corrected chi connectivity index (χ0v) is 11.2. The first-order chi connectivity index (χ1) is 9.49. The molecule has 0 aromatic heterocycles. The van der Waals surface area contributed by atoms with E-state index in [0.717, 1.165) is 6.08 Å². The fourth-order valence-electron chi connectivity index (χ4n) is 0.948. The van der Waals surface area contributed by atoms with Gasteiger partial charge in [-0.1, -0.05) is 6.58 Å². The Labute approximate surface area is 116 Å². The molecule has 0 saturated carbocycles. The number of rotatable bonds is 9. The van der Waals surface area contributed by atoms with Gasteiger partial charge >= 0.3 is 17.9 Å². The molecule has 112 valence electrons. The predicted molar refractivity (Wildman–Crippen MR) is 66.4 cm³/mol. The van der Waals surface area contributed by atoms with E-state index in [1.807, 2.05) is 0 Å². The molecule has 0 heterocycles. The van der Waals surface area contributed by atoms with Crippen LogP contribution in [-0.4, -0.2) is 50.7 Å². The van der Waals surface area contributed by atoms with Crippen molar-refractivity contribution in [1.82, 2.24) is 5.32 Å². The normalized spacial score (nSPS) is 9.25. The Balaban J connectivity index is 3.58. The maximum absolute atomic E-state index is 11.2. The molecule has 0 radical (unpaired) electrons. The van der Waals surface area contributed by atoms with Crippen molar-refractivity contribution in [2.24, 2.45) is 0 Å². The molecule has 0 aliphatic rings. The fourth-order valence-corrected chi connectivity index (χ4v) is 0.948. The molecule has 0 aromatic rings. The topological polar surface area (TPSA) is 108 Å². The fraction of sp³-hybridized carbons (Fsp3) is 0.500. The lowest BCUT2D eigenvalue weighted by molar-refractivity contribution is -0.153. The maximum Gasteiger partial charge on any atom is 0.330 e. The lowest BCUT2D eigenvalue weighted by Crippen LogP contribution is -2.23. The van der Waals surface area contributed by atoms with Gasteiger partial charge in [0.05, 0.1) is 6.42 Å². The molecule has 8 nitrogen and oxygen atoms in total. The van der Waals surface area contributed by atoms with E-state index >= 15 is 0 Å². The number of amides is 1. The summed E-state index contributed by atoms with van der Waals surface area (Å²) in [4.78, 5) is 43.7. The number of ether oxygens (including phenoxy) is 3. The molecule has 0 spiro atoms. The van der Waals surface area contributed by atoms with Crippen LogP contribution in [0.25, 0.3) is 0 Å². The van der Waals surface area contributed by atoms with Crippen molar-refractivity contribution in [1.29, 1.82) is 0 Å². The number of esters is 3. The third kappa shape index (κ3) is 9.63. The van der Waals surface area contributed by atoms with Crippen LogP contribution in [0.3, 0.4) is 0 Å². The first-order valence-corrected chi connectivity index (χ1v) is 5.80. The lowest BCUT2D eigenvalue weighted by Gasteiger charge is -2.06. The molecule has 0 saturated heterocycles. The van der Waals surface area contributed by atoms with Crippen LogP contribution in [0.1, 0.15) is 12.8 Å². The third-order valence-electron chi connectivity index (χ3n) is 1.91. The molecule has 1 N–H and O–H groups in total. The van der Waals surface area contributed by atoms with Crippen LogP contribution in [0.5, 0.6) is 0 Å². The van der Waals surface area contributed by atoms with Crippen LogP contribution in [-0.2, 0) is 33.4 Å². The molecule has 8 heteroatoms. The molecule has 0 aromatic carbocycles. The van der Waals surface area contributed by atoms with E-state index in [0.29, 0.717) is 0 Å². The second-order valence-electron chi connectivity index (χ2n) is 3.41. The summed E-state index contributed by atoms with van der Waals surface area (Å²) in [6, 6.07) is 0. The minimum absolute atomic E-state index is 0.0763. The molecule has 0 unspecified atom stereocenters. The van der Waals surface area contributed by atoms with E-state index < -0.39 is 30.2 Å². The summed E-state index contributed by atoms with van der Waals surface area (Å²) in [6.45, 7) is 2.85. The van der Waals surface area contributed by atoms with Gasteiger partial charge in [-0.3, -0.25) is 14.4 Å². The molecule has 0 atom stereocenters. The highest BCUT2D eigenvalue weighted by atomic mass is 16.6. The molecular weight excluding hydrogens is 270 g/mol. The molecule has 20 heavy (non-hydrogen) atoms. The summed E-state index contributed by atoms with van der Waals surface area (Å²) in [5.74, 6) is -2.41. The average molecular weight is 287 g/mol. The van der Waals surface area contributed by atoms with Crippen LogP contribution >= 0.6 is 0 Å². The second-order valence-corrected chi connectivity index (χ2v) is 3.41. The summed E-state index contributed by atoms with van der Waals surface area (Å²) in [5.41, 5.74) is 0. The summed E-state index contributed by atoms with van der Waals surface area (Å²) < 4.78 is 13.9. The summed E-state index contributed by atoms with van der Waals surface area (Å²) >= 11 is 0. The van der Waals surface area contributed by atoms with Gasteiger partial charge in [-0.05, 0) is 0 Å². The maximum atomic E-state index is 11.2. The summed E-state index contributed by atoms with van der Waals surface area (Å²) in [5, 5.41) is 2.26. The Hall–Kier alpha value is -2.38. The van der Waals surface area contributed by atoms with Gasteiger partial charge in [0.15, 0.2) is 0 Å². The third-order valence-corrected chi connectivity index (χ3v) is 1.91. The first-order valence-electron chi connectivity index (χ1n) is 5.80. The van der Waals surface area contributed by atoms with Gasteiger partial charge in [0.25, 0.3) is 0 Å². The molecule has 0 aliphatic heterocycles. The zero-order valence-electron chi connectivity index (χ0n) is 11.2. The average Bonchev–Trinajstić information content (AvgIpc) is 2.42. The minimum Gasteiger partial charge on any atom is -0.465 e. The van der Waals surface area contributed by atoms with Crippen LogP contribution in [0.4, 0.5) is 0 Å². The van der Waals surface area contributed by atoms with Crippen LogP contribution < -0.4 is 5.32 Å². The van der Waals surface area contributed by atoms with Crippen LogP contribution in [0, 0.1) is 0 Å². The van der Waals surface area contributed by atoms with Crippen molar-refractivity contribution >= 4 is 23.8 Å². The molecule has 0 fully saturated rings. The zero-order chi connectivity index (χ0) is 15.4. The Morgan fingerprint density at radius 2 is 1.60 bits per heavy atom. The van der Waals surface area contributed by atoms with Crippen molar-refractivity contribution in [2.45, 2.75) is 12.8 Å². The first kappa shape index (κ1) is 17.6. The van der Waals surface area contributed by atoms with Crippen molar-refractivity contribution in [3.63, 3.8) is 0 Å². The standard InChI is InChI=1S/C12H17NO7/c1-3-10(15)19-6-7-20-11(16)4-5-18-12(17)8-9(14)13-2/h3H,1,4-8H2,2H3,(H,13,14). The molecule has 0 aliphatic carbocycles. The van der Waals surface area contributed by atoms with Gasteiger partial charge in [-0.15, -0.1) is 0 Å². The monoisotopic (exact) mass is 287 g/mol. The molecule has 1 amide bonds. The van der Waals surface area contributed by atoms with Crippen molar-refractivity contribution in [3.05, 3.63) is 12.7 Å². The number of carbonyl (C=O) groups excluding carboxylic acids is 4. The number of hydrogen-bond acceptors (Lipinski definition) is 7. The highest BCUT2D eigenvalue weighted by Crippen LogP contribution is 1.92.